The van der Waals surface area contributed by atoms with Crippen LogP contribution < -0.4 is 4.72 Å². The smallest absolute Gasteiger partial charge is 0.337 e. The first-order valence-corrected chi connectivity index (χ1v) is 10.0. The first-order valence-electron chi connectivity index (χ1n) is 8.54. The summed E-state index contributed by atoms with van der Waals surface area (Å²) in [6, 6.07) is 10.4. The Morgan fingerprint density at radius 2 is 1.56 bits per heavy atom. The van der Waals surface area contributed by atoms with E-state index in [1.54, 1.807) is 18.2 Å². The normalized spacial score (nSPS) is 10.1. The first kappa shape index (κ1) is 22.0. The van der Waals surface area contributed by atoms with E-state index in [1.165, 1.54) is 36.7 Å². The number of sulfonamides is 1. The number of benzene rings is 2. The van der Waals surface area contributed by atoms with Gasteiger partial charge in [0, 0.05) is 12.4 Å². The van der Waals surface area contributed by atoms with Crippen LogP contribution in [0.15, 0.2) is 59.8 Å². The molecule has 0 unspecified atom stereocenters. The lowest BCUT2D eigenvalue weighted by atomic mass is 10.2. The molecule has 0 bridgehead atoms. The lowest BCUT2D eigenvalue weighted by Gasteiger charge is -2.11. The number of fused-ring (bicyclic) bond motifs is 1. The van der Waals surface area contributed by atoms with E-state index in [2.05, 4.69) is 14.7 Å². The third-order valence-electron chi connectivity index (χ3n) is 3.15. The largest absolute Gasteiger partial charge is 0.478 e. The van der Waals surface area contributed by atoms with E-state index >= 15 is 0 Å². The topological polar surface area (TPSA) is 109 Å². The predicted octanol–water partition coefficient (Wildman–Crippen LogP) is 4.18. The second kappa shape index (κ2) is 10.2. The van der Waals surface area contributed by atoms with Crippen LogP contribution in [0.5, 0.6) is 0 Å². The number of carbonyl (C=O) groups is 1. The summed E-state index contributed by atoms with van der Waals surface area (Å²) in [7, 11) is -4.01. The summed E-state index contributed by atoms with van der Waals surface area (Å²) in [6.07, 6.45) is 2.86. The zero-order valence-corrected chi connectivity index (χ0v) is 16.5. The van der Waals surface area contributed by atoms with Gasteiger partial charge in [0.2, 0.25) is 0 Å². The van der Waals surface area contributed by atoms with Gasteiger partial charge in [-0.15, -0.1) is 0 Å². The number of aromatic nitrogens is 2. The van der Waals surface area contributed by atoms with Crippen LogP contribution in [0.1, 0.15) is 38.1 Å². The minimum Gasteiger partial charge on any atom is -0.478 e. The van der Waals surface area contributed by atoms with Crippen molar-refractivity contribution in [1.29, 1.82) is 0 Å². The molecular formula is C19H23N3O4S. The molecule has 0 fully saturated rings. The van der Waals surface area contributed by atoms with Gasteiger partial charge in [0.05, 0.1) is 16.8 Å². The minimum absolute atomic E-state index is 0.0131. The van der Waals surface area contributed by atoms with E-state index < -0.39 is 16.0 Å². The van der Waals surface area contributed by atoms with Crippen molar-refractivity contribution in [3.8, 4) is 0 Å². The Kier molecular flexibility index (Phi) is 8.34. The molecule has 2 aromatic carbocycles. The summed E-state index contributed by atoms with van der Waals surface area (Å²) in [5.41, 5.74) is 0.500. The number of para-hydroxylation sites is 2. The molecule has 3 rings (SSSR count). The molecule has 27 heavy (non-hydrogen) atoms. The van der Waals surface area contributed by atoms with Crippen LogP contribution in [-0.4, -0.2) is 29.5 Å². The summed E-state index contributed by atoms with van der Waals surface area (Å²) in [6.45, 7) is 8.00. The molecule has 7 nitrogen and oxygen atoms in total. The fourth-order valence-corrected chi connectivity index (χ4v) is 3.39. The Morgan fingerprint density at radius 1 is 0.926 bits per heavy atom. The summed E-state index contributed by atoms with van der Waals surface area (Å²) >= 11 is 0. The molecule has 144 valence electrons. The highest BCUT2D eigenvalue weighted by atomic mass is 32.2. The molecule has 2 N–H and O–H groups in total. The number of aromatic carboxylic acids is 1. The van der Waals surface area contributed by atoms with Gasteiger partial charge in [-0.05, 0) is 24.3 Å². The predicted molar refractivity (Wildman–Crippen MR) is 106 cm³/mol. The number of anilines is 1. The number of hydrogen-bond acceptors (Lipinski definition) is 5. The van der Waals surface area contributed by atoms with Crippen molar-refractivity contribution in [3.63, 3.8) is 0 Å². The summed E-state index contributed by atoms with van der Waals surface area (Å²) in [5.74, 6) is -1.22. The highest BCUT2D eigenvalue weighted by Crippen LogP contribution is 2.24. The minimum atomic E-state index is -4.01. The molecule has 0 aliphatic carbocycles. The molecule has 1 aromatic heterocycles. The summed E-state index contributed by atoms with van der Waals surface area (Å²) in [5, 5.41) is 9.15. The highest BCUT2D eigenvalue weighted by molar-refractivity contribution is 7.93. The van der Waals surface area contributed by atoms with Gasteiger partial charge in [-0.2, -0.15) is 0 Å². The fraction of sp³-hybridized carbons (Fsp3) is 0.211. The van der Waals surface area contributed by atoms with E-state index in [1.807, 2.05) is 27.7 Å². The van der Waals surface area contributed by atoms with E-state index in [4.69, 9.17) is 5.11 Å². The van der Waals surface area contributed by atoms with Gasteiger partial charge >= 0.3 is 5.97 Å². The Morgan fingerprint density at radius 3 is 2.22 bits per heavy atom. The molecule has 0 aliphatic heterocycles. The molecule has 0 spiro atoms. The van der Waals surface area contributed by atoms with Crippen molar-refractivity contribution in [2.45, 2.75) is 32.6 Å². The van der Waals surface area contributed by atoms with Crippen molar-refractivity contribution in [2.24, 2.45) is 0 Å². The molecule has 0 saturated heterocycles. The molecule has 1 heterocycles. The van der Waals surface area contributed by atoms with Crippen LogP contribution in [-0.2, 0) is 10.0 Å². The lowest BCUT2D eigenvalue weighted by molar-refractivity contribution is 0.0698. The summed E-state index contributed by atoms with van der Waals surface area (Å²) in [4.78, 5) is 19.2. The number of rotatable bonds is 4. The van der Waals surface area contributed by atoms with Crippen molar-refractivity contribution >= 4 is 32.7 Å². The molecule has 0 atom stereocenters. The van der Waals surface area contributed by atoms with E-state index in [-0.39, 0.29) is 21.7 Å². The van der Waals surface area contributed by atoms with E-state index in [0.29, 0.717) is 5.52 Å². The Bertz CT molecular complexity index is 999. The molecule has 0 radical (unpaired) electrons. The second-order valence-electron chi connectivity index (χ2n) is 4.64. The maximum atomic E-state index is 12.6. The fourth-order valence-electron chi connectivity index (χ4n) is 2.14. The zero-order chi connectivity index (χ0) is 20.4. The molecule has 0 aliphatic rings. The van der Waals surface area contributed by atoms with Crippen molar-refractivity contribution < 1.29 is 18.3 Å². The van der Waals surface area contributed by atoms with E-state index in [0.717, 1.165) is 0 Å². The Hall–Kier alpha value is -3.00. The summed E-state index contributed by atoms with van der Waals surface area (Å²) < 4.78 is 27.5. The monoisotopic (exact) mass is 389 g/mol. The van der Waals surface area contributed by atoms with Gasteiger partial charge in [-0.3, -0.25) is 14.7 Å². The average molecular weight is 389 g/mol. The molecule has 0 saturated carbocycles. The maximum absolute atomic E-state index is 12.6. The van der Waals surface area contributed by atoms with E-state index in [9.17, 15) is 13.2 Å². The number of nitrogens with zero attached hydrogens (tertiary/aromatic N) is 2. The highest BCUT2D eigenvalue weighted by Gasteiger charge is 2.21. The number of hydrogen-bond donors (Lipinski definition) is 2. The lowest BCUT2D eigenvalue weighted by Crippen LogP contribution is -2.16. The van der Waals surface area contributed by atoms with Gasteiger partial charge < -0.3 is 5.11 Å². The van der Waals surface area contributed by atoms with Crippen molar-refractivity contribution in [3.05, 3.63) is 60.4 Å². The zero-order valence-electron chi connectivity index (χ0n) is 15.7. The standard InChI is InChI=1S/C15H11N3O4S.2C2H6/c19-15(20)10-4-1-2-5-11(10)18-23(21,22)13-7-3-6-12-14(13)17-9-8-16-12;2*1-2/h1-9,18H,(H,19,20);2*1-2H3. The van der Waals surface area contributed by atoms with Crippen molar-refractivity contribution in [2.75, 3.05) is 4.72 Å². The van der Waals surface area contributed by atoms with Gasteiger partial charge in [0.1, 0.15) is 10.4 Å². The average Bonchev–Trinajstić information content (AvgIpc) is 2.70. The van der Waals surface area contributed by atoms with Crippen molar-refractivity contribution in [1.82, 2.24) is 9.97 Å². The maximum Gasteiger partial charge on any atom is 0.337 e. The second-order valence-corrected chi connectivity index (χ2v) is 6.29. The molecule has 8 heteroatoms. The van der Waals surface area contributed by atoms with Gasteiger partial charge in [0.15, 0.2) is 0 Å². The first-order chi connectivity index (χ1) is 13.0. The molecule has 0 amide bonds. The van der Waals surface area contributed by atoms with Crippen LogP contribution in [0.4, 0.5) is 5.69 Å². The molecule has 3 aromatic rings. The molecular weight excluding hydrogens is 366 g/mol. The SMILES string of the molecule is CC.CC.O=C(O)c1ccccc1NS(=O)(=O)c1cccc2nccnc12. The third-order valence-corrected chi connectivity index (χ3v) is 4.55. The van der Waals surface area contributed by atoms with Crippen LogP contribution >= 0.6 is 0 Å². The van der Waals surface area contributed by atoms with Gasteiger partial charge in [-0.1, -0.05) is 45.9 Å². The Balaban J connectivity index is 0.000000855. The number of carboxylic acids is 1. The number of nitrogens with one attached hydrogen (secondary N) is 1. The number of carboxylic acid groups (broad SMARTS) is 1. The Labute approximate surface area is 159 Å². The van der Waals surface area contributed by atoms with Gasteiger partial charge in [-0.25, -0.2) is 13.2 Å². The van der Waals surface area contributed by atoms with Crippen LogP contribution in [0, 0.1) is 0 Å². The quantitative estimate of drug-likeness (QED) is 0.693. The van der Waals surface area contributed by atoms with Gasteiger partial charge in [0.25, 0.3) is 10.0 Å². The van der Waals surface area contributed by atoms with Crippen LogP contribution in [0.3, 0.4) is 0 Å². The van der Waals surface area contributed by atoms with Crippen LogP contribution in [0.2, 0.25) is 0 Å². The van der Waals surface area contributed by atoms with Crippen LogP contribution in [0.25, 0.3) is 11.0 Å². The third kappa shape index (κ3) is 5.24.